The lowest BCUT2D eigenvalue weighted by Gasteiger charge is -2.36. The fourth-order valence-electron chi connectivity index (χ4n) is 4.19. The minimum absolute atomic E-state index is 0.00391. The first-order valence-corrected chi connectivity index (χ1v) is 9.22. The van der Waals surface area contributed by atoms with E-state index in [4.69, 9.17) is 24.2 Å². The molecule has 3 aliphatic rings. The monoisotopic (exact) mass is 348 g/mol. The quantitative estimate of drug-likeness (QED) is 0.795. The van der Waals surface area contributed by atoms with Gasteiger partial charge in [0.1, 0.15) is 0 Å². The third-order valence-electron chi connectivity index (χ3n) is 5.67. The van der Waals surface area contributed by atoms with Gasteiger partial charge in [-0.25, -0.2) is 9.97 Å². The van der Waals surface area contributed by atoms with E-state index < -0.39 is 0 Å². The van der Waals surface area contributed by atoms with Gasteiger partial charge in [0, 0.05) is 44.5 Å². The Morgan fingerprint density at radius 3 is 2.80 bits per heavy atom. The van der Waals surface area contributed by atoms with Crippen LogP contribution < -0.4 is 4.90 Å². The molecule has 2 fully saturated rings. The van der Waals surface area contributed by atoms with E-state index in [1.165, 1.54) is 11.3 Å². The fourth-order valence-corrected chi connectivity index (χ4v) is 4.19. The van der Waals surface area contributed by atoms with Gasteiger partial charge in [-0.1, -0.05) is 0 Å². The predicted octanol–water partition coefficient (Wildman–Crippen LogP) is 0.742. The normalized spacial score (nSPS) is 27.0. The molecule has 25 heavy (non-hydrogen) atoms. The average Bonchev–Trinajstić information content (AvgIpc) is 3.05. The van der Waals surface area contributed by atoms with Crippen molar-refractivity contribution >= 4 is 5.95 Å². The van der Waals surface area contributed by atoms with Crippen LogP contribution in [0.1, 0.15) is 23.4 Å². The lowest BCUT2D eigenvalue weighted by molar-refractivity contribution is 0.0486. The van der Waals surface area contributed by atoms with Crippen molar-refractivity contribution < 1.29 is 14.2 Å². The summed E-state index contributed by atoms with van der Waals surface area (Å²) in [6, 6.07) is 0. The number of hydrogen-bond acceptors (Lipinski definition) is 7. The number of nitrogens with zero attached hydrogens (tertiary/aromatic N) is 4. The summed E-state index contributed by atoms with van der Waals surface area (Å²) in [4.78, 5) is 14.6. The number of anilines is 1. The molecule has 0 aliphatic carbocycles. The summed E-state index contributed by atoms with van der Waals surface area (Å²) in [6.07, 6.45) is 1.09. The Morgan fingerprint density at radius 1 is 1.16 bits per heavy atom. The molecule has 0 N–H and O–H groups in total. The molecule has 1 aromatic rings. The molecule has 7 heteroatoms. The standard InChI is InChI=1S/C18H28N4O3/c1-14-15-11-25-13-18(3-4-21(12-18)5-8-23-2)16(15)20-17(19-14)22-6-9-24-10-7-22/h3-13H2,1-2H3/t18-/m1/s1. The Labute approximate surface area is 149 Å². The summed E-state index contributed by atoms with van der Waals surface area (Å²) in [6.45, 7) is 10.5. The zero-order valence-electron chi connectivity index (χ0n) is 15.3. The van der Waals surface area contributed by atoms with Crippen LogP contribution >= 0.6 is 0 Å². The first-order valence-electron chi connectivity index (χ1n) is 9.22. The molecule has 1 aromatic heterocycles. The summed E-state index contributed by atoms with van der Waals surface area (Å²) < 4.78 is 16.7. The number of ether oxygens (including phenoxy) is 3. The molecular formula is C18H28N4O3. The summed E-state index contributed by atoms with van der Waals surface area (Å²) in [7, 11) is 1.76. The molecule has 0 amide bonds. The van der Waals surface area contributed by atoms with Crippen LogP contribution in [0, 0.1) is 6.92 Å². The molecule has 0 bridgehead atoms. The highest BCUT2D eigenvalue weighted by Crippen LogP contribution is 2.40. The highest BCUT2D eigenvalue weighted by Gasteiger charge is 2.45. The maximum Gasteiger partial charge on any atom is 0.225 e. The number of rotatable bonds is 4. The van der Waals surface area contributed by atoms with Crippen LogP contribution in [0.25, 0.3) is 0 Å². The molecular weight excluding hydrogens is 320 g/mol. The van der Waals surface area contributed by atoms with Crippen molar-refractivity contribution in [2.24, 2.45) is 0 Å². The van der Waals surface area contributed by atoms with Crippen LogP contribution in [0.5, 0.6) is 0 Å². The molecule has 3 aliphatic heterocycles. The van der Waals surface area contributed by atoms with Crippen molar-refractivity contribution in [3.63, 3.8) is 0 Å². The summed E-state index contributed by atoms with van der Waals surface area (Å²) >= 11 is 0. The Kier molecular flexibility index (Phi) is 4.90. The summed E-state index contributed by atoms with van der Waals surface area (Å²) in [5.41, 5.74) is 3.46. The van der Waals surface area contributed by atoms with Gasteiger partial charge in [0.15, 0.2) is 0 Å². The number of aryl methyl sites for hydroxylation is 1. The van der Waals surface area contributed by atoms with E-state index in [-0.39, 0.29) is 5.41 Å². The van der Waals surface area contributed by atoms with Gasteiger partial charge in [0.05, 0.1) is 44.1 Å². The van der Waals surface area contributed by atoms with Gasteiger partial charge >= 0.3 is 0 Å². The molecule has 0 unspecified atom stereocenters. The number of morpholine rings is 1. The second kappa shape index (κ2) is 7.15. The third kappa shape index (κ3) is 3.26. The van der Waals surface area contributed by atoms with Gasteiger partial charge in [-0.3, -0.25) is 4.90 Å². The number of likely N-dealkylation sites (tertiary alicyclic amines) is 1. The molecule has 4 heterocycles. The van der Waals surface area contributed by atoms with Gasteiger partial charge in [0.2, 0.25) is 5.95 Å². The van der Waals surface area contributed by atoms with E-state index in [1.54, 1.807) is 7.11 Å². The molecule has 0 aromatic carbocycles. The van der Waals surface area contributed by atoms with Crippen LogP contribution in [-0.2, 0) is 26.2 Å². The van der Waals surface area contributed by atoms with Crippen molar-refractivity contribution in [3.8, 4) is 0 Å². The van der Waals surface area contributed by atoms with E-state index in [1.807, 2.05) is 0 Å². The number of aromatic nitrogens is 2. The maximum atomic E-state index is 5.98. The van der Waals surface area contributed by atoms with Gasteiger partial charge in [0.25, 0.3) is 0 Å². The van der Waals surface area contributed by atoms with Crippen molar-refractivity contribution in [3.05, 3.63) is 17.0 Å². The van der Waals surface area contributed by atoms with Crippen LogP contribution in [0.3, 0.4) is 0 Å². The van der Waals surface area contributed by atoms with Gasteiger partial charge < -0.3 is 19.1 Å². The fraction of sp³-hybridized carbons (Fsp3) is 0.778. The van der Waals surface area contributed by atoms with Crippen molar-refractivity contribution in [2.75, 3.05) is 71.2 Å². The Morgan fingerprint density at radius 2 is 2.00 bits per heavy atom. The van der Waals surface area contributed by atoms with E-state index >= 15 is 0 Å². The first-order chi connectivity index (χ1) is 12.2. The molecule has 7 nitrogen and oxygen atoms in total. The SMILES string of the molecule is COCCN1CC[C@]2(COCc3c(C)nc(N4CCOCC4)nc32)C1. The van der Waals surface area contributed by atoms with Gasteiger partial charge in [-0.2, -0.15) is 0 Å². The Bertz CT molecular complexity index is 621. The topological polar surface area (TPSA) is 60.0 Å². The number of fused-ring (bicyclic) bond motifs is 2. The van der Waals surface area contributed by atoms with Crippen molar-refractivity contribution in [2.45, 2.75) is 25.4 Å². The molecule has 0 saturated carbocycles. The molecule has 4 rings (SSSR count). The van der Waals surface area contributed by atoms with Crippen molar-refractivity contribution in [1.82, 2.24) is 14.9 Å². The van der Waals surface area contributed by atoms with E-state index in [0.29, 0.717) is 6.61 Å². The van der Waals surface area contributed by atoms with Gasteiger partial charge in [-0.05, 0) is 19.9 Å². The summed E-state index contributed by atoms with van der Waals surface area (Å²) in [5, 5.41) is 0. The van der Waals surface area contributed by atoms with E-state index in [0.717, 1.165) is 77.2 Å². The van der Waals surface area contributed by atoms with Crippen LogP contribution in [-0.4, -0.2) is 81.1 Å². The van der Waals surface area contributed by atoms with Crippen LogP contribution in [0.15, 0.2) is 0 Å². The largest absolute Gasteiger partial charge is 0.383 e. The van der Waals surface area contributed by atoms with Crippen LogP contribution in [0.2, 0.25) is 0 Å². The molecule has 138 valence electrons. The lowest BCUT2D eigenvalue weighted by Crippen LogP contribution is -2.43. The molecule has 1 spiro atoms. The zero-order chi connectivity index (χ0) is 17.3. The predicted molar refractivity (Wildman–Crippen MR) is 94.1 cm³/mol. The van der Waals surface area contributed by atoms with Crippen molar-refractivity contribution in [1.29, 1.82) is 0 Å². The Hall–Kier alpha value is -1.28. The second-order valence-corrected chi connectivity index (χ2v) is 7.33. The average molecular weight is 348 g/mol. The number of methoxy groups -OCH3 is 1. The molecule has 1 atom stereocenters. The molecule has 2 saturated heterocycles. The number of hydrogen-bond donors (Lipinski definition) is 0. The smallest absolute Gasteiger partial charge is 0.225 e. The van der Waals surface area contributed by atoms with E-state index in [2.05, 4.69) is 16.7 Å². The van der Waals surface area contributed by atoms with E-state index in [9.17, 15) is 0 Å². The minimum atomic E-state index is -0.00391. The van der Waals surface area contributed by atoms with Gasteiger partial charge in [-0.15, -0.1) is 0 Å². The first kappa shape index (κ1) is 17.1. The highest BCUT2D eigenvalue weighted by molar-refractivity contribution is 5.42. The maximum absolute atomic E-state index is 5.98. The second-order valence-electron chi connectivity index (χ2n) is 7.33. The Balaban J connectivity index is 1.64. The minimum Gasteiger partial charge on any atom is -0.383 e. The summed E-state index contributed by atoms with van der Waals surface area (Å²) in [5.74, 6) is 0.858. The third-order valence-corrected chi connectivity index (χ3v) is 5.67. The van der Waals surface area contributed by atoms with Crippen LogP contribution in [0.4, 0.5) is 5.95 Å². The molecule has 0 radical (unpaired) electrons. The lowest BCUT2D eigenvalue weighted by atomic mass is 9.80. The zero-order valence-corrected chi connectivity index (χ0v) is 15.3. The highest BCUT2D eigenvalue weighted by atomic mass is 16.5.